The number of piperidine rings is 1. The lowest BCUT2D eigenvalue weighted by Crippen LogP contribution is -2.71. The smallest absolute Gasteiger partial charge is 0.382 e. The molecule has 7 aliphatic heterocycles. The summed E-state index contributed by atoms with van der Waals surface area (Å²) in [6, 6.07) is 47.0. The summed E-state index contributed by atoms with van der Waals surface area (Å²) in [6.45, 7) is 27.0. The lowest BCUT2D eigenvalue weighted by molar-refractivity contribution is -0.191. The molecule has 7 saturated heterocycles. The maximum atomic E-state index is 12.6. The Labute approximate surface area is 657 Å². The van der Waals surface area contributed by atoms with Gasteiger partial charge in [-0.25, -0.2) is 0 Å². The van der Waals surface area contributed by atoms with E-state index >= 15 is 0 Å². The van der Waals surface area contributed by atoms with Crippen LogP contribution in [0, 0.1) is 101 Å². The van der Waals surface area contributed by atoms with Gasteiger partial charge in [-0.05, 0) is 196 Å². The first-order valence-electron chi connectivity index (χ1n) is 42.4. The van der Waals surface area contributed by atoms with Crippen LogP contribution in [0.3, 0.4) is 0 Å². The second-order valence-corrected chi connectivity index (χ2v) is 37.6. The SMILES string of the molecule is CC(C)C1(CC#N)CCC(N2CC(O)(c3ccccc3)C2)CC1.CC(C)C1(CC#N)CCC(N2CC(c3ccccc3)C2)CC1.CC(C)C1(CC#N)CCC(N2CC(c3ccccc3)C2)CC1.CC1(CC#N)CCC(N2CC3CC(C2)N3CC(F)(F)F)CC1.CC1(CC#N)CCC(N2CCN(CC(F)(F)F)CC2)CC1. The first-order chi connectivity index (χ1) is 52.4. The number of β-amino-alcohol motifs (C(OH)–C–C–N with tert-alkyl or cyclic N) is 1. The summed E-state index contributed by atoms with van der Waals surface area (Å²) in [7, 11) is 0. The molecule has 1 N–H and O–H groups in total. The fourth-order valence-corrected chi connectivity index (χ4v) is 21.4. The summed E-state index contributed by atoms with van der Waals surface area (Å²) in [5.74, 6) is 3.29. The second-order valence-electron chi connectivity index (χ2n) is 37.6. The third-order valence-electron chi connectivity index (χ3n) is 29.9. The Morgan fingerprint density at radius 3 is 1.00 bits per heavy atom. The second kappa shape index (κ2) is 38.2. The zero-order chi connectivity index (χ0) is 79.1. The first kappa shape index (κ1) is 86.8. The average Bonchev–Trinajstić information content (AvgIpc) is 0.760. The molecule has 12 aliphatic rings. The van der Waals surface area contributed by atoms with Crippen LogP contribution in [-0.4, -0.2) is 186 Å². The van der Waals surface area contributed by atoms with E-state index in [1.165, 1.54) is 93.6 Å². The van der Waals surface area contributed by atoms with Crippen molar-refractivity contribution in [1.29, 1.82) is 26.3 Å². The van der Waals surface area contributed by atoms with Gasteiger partial charge >= 0.3 is 12.4 Å². The van der Waals surface area contributed by atoms with E-state index in [9.17, 15) is 31.4 Å². The van der Waals surface area contributed by atoms with E-state index < -0.39 is 31.0 Å². The molecule has 5 aliphatic carbocycles. The highest BCUT2D eigenvalue weighted by Crippen LogP contribution is 2.52. The fourth-order valence-electron chi connectivity index (χ4n) is 21.4. The normalized spacial score (nSPS) is 32.7. The minimum absolute atomic E-state index is 0.0905. The molecule has 0 radical (unpaired) electrons. The molecule has 2 atom stereocenters. The Kier molecular flexibility index (Phi) is 30.1. The monoisotopic (exact) mass is 1520 g/mol. The molecular weight excluding hydrogens is 1390 g/mol. The van der Waals surface area contributed by atoms with Gasteiger partial charge in [0.15, 0.2) is 0 Å². The Bertz CT molecular complexity index is 3380. The van der Waals surface area contributed by atoms with Crippen molar-refractivity contribution in [3.05, 3.63) is 108 Å². The van der Waals surface area contributed by atoms with Crippen molar-refractivity contribution < 1.29 is 31.4 Å². The van der Waals surface area contributed by atoms with Crippen molar-refractivity contribution in [1.82, 2.24) is 34.3 Å². The van der Waals surface area contributed by atoms with Crippen LogP contribution >= 0.6 is 0 Å². The van der Waals surface area contributed by atoms with Gasteiger partial charge in [0.25, 0.3) is 0 Å². The minimum Gasteiger partial charge on any atom is -0.382 e. The fraction of sp³-hybridized carbons (Fsp3) is 0.747. The molecule has 7 heterocycles. The zero-order valence-corrected chi connectivity index (χ0v) is 68.0. The summed E-state index contributed by atoms with van der Waals surface area (Å²) in [4.78, 5) is 15.7. The van der Waals surface area contributed by atoms with Crippen molar-refractivity contribution in [3.63, 3.8) is 0 Å². The van der Waals surface area contributed by atoms with Crippen LogP contribution in [0.15, 0.2) is 91.0 Å². The number of fused-ring (bicyclic) bond motifs is 2. The standard InChI is InChI=1S/C20H28N2O.2C20H28N2.C16H24F3N3.C15H24F3N3/c1-16(2)19(12-13-21)10-8-18(9-11-19)22-14-20(23,15-22)17-6-4-3-5-7-17;2*1-16(2)20(12-13-21)10-8-19(9-11-20)22-14-18(15-22)17-6-4-3-5-7-17;1-15(6-7-20)4-2-12(3-5-15)21-9-13-8-14(10-21)22(13)11-16(17,18)19;1-14(6-7-19)4-2-13(3-5-14)21-10-8-20(9-11-21)12-15(16,17)18/h3-7,16,18,23H,8-12,14-15H2,1-2H3;2*3-7,16,18-19H,8-12,14-15H2,1-2H3;12-14H,2-6,8-11H2,1H3;13H,2-6,8-12H2,1H3. The van der Waals surface area contributed by atoms with Crippen LogP contribution in [-0.2, 0) is 5.60 Å². The molecule has 2 bridgehead atoms. The van der Waals surface area contributed by atoms with Crippen LogP contribution in [0.5, 0.6) is 0 Å². The molecule has 3 aromatic rings. The number of likely N-dealkylation sites (tertiary alicyclic amines) is 3. The van der Waals surface area contributed by atoms with Gasteiger partial charge in [-0.15, -0.1) is 0 Å². The number of piperazine rings is 2. The van der Waals surface area contributed by atoms with Crippen LogP contribution in [0.25, 0.3) is 0 Å². The van der Waals surface area contributed by atoms with Crippen LogP contribution < -0.4 is 0 Å². The number of benzene rings is 3. The number of aliphatic hydroxyl groups is 1. The van der Waals surface area contributed by atoms with E-state index in [4.69, 9.17) is 26.3 Å². The number of alkyl halides is 6. The summed E-state index contributed by atoms with van der Waals surface area (Å²) in [5.41, 5.74) is 4.44. The number of hydrogen-bond acceptors (Lipinski definition) is 13. The van der Waals surface area contributed by atoms with Crippen LogP contribution in [0.1, 0.15) is 251 Å². The van der Waals surface area contributed by atoms with Gasteiger partial charge in [0.2, 0.25) is 0 Å². The van der Waals surface area contributed by atoms with E-state index in [0.29, 0.717) is 68.2 Å². The molecule has 2 unspecified atom stereocenters. The maximum absolute atomic E-state index is 12.6. The molecule has 110 heavy (non-hydrogen) atoms. The zero-order valence-electron chi connectivity index (χ0n) is 68.0. The third-order valence-corrected chi connectivity index (χ3v) is 29.9. The molecule has 13 nitrogen and oxygen atoms in total. The van der Waals surface area contributed by atoms with E-state index in [1.54, 1.807) is 4.90 Å². The van der Waals surface area contributed by atoms with Gasteiger partial charge in [0.1, 0.15) is 5.60 Å². The molecule has 0 aromatic heterocycles. The maximum Gasteiger partial charge on any atom is 0.401 e. The van der Waals surface area contributed by atoms with E-state index in [1.807, 2.05) is 30.3 Å². The Morgan fingerprint density at radius 1 is 0.382 bits per heavy atom. The predicted octanol–water partition coefficient (Wildman–Crippen LogP) is 19.1. The van der Waals surface area contributed by atoms with Crippen molar-refractivity contribution in [2.24, 2.45) is 44.8 Å². The Morgan fingerprint density at radius 2 is 0.682 bits per heavy atom. The van der Waals surface area contributed by atoms with Crippen LogP contribution in [0.2, 0.25) is 0 Å². The summed E-state index contributed by atoms with van der Waals surface area (Å²) < 4.78 is 74.8. The molecule has 5 saturated carbocycles. The number of halogens is 6. The summed E-state index contributed by atoms with van der Waals surface area (Å²) >= 11 is 0. The highest BCUT2D eigenvalue weighted by molar-refractivity contribution is 5.27. The van der Waals surface area contributed by atoms with E-state index in [2.05, 4.69) is 171 Å². The van der Waals surface area contributed by atoms with E-state index in [0.717, 1.165) is 165 Å². The lowest BCUT2D eigenvalue weighted by Gasteiger charge is -2.58. The Hall–Kier alpha value is -5.63. The number of hydrogen-bond donors (Lipinski definition) is 1. The molecule has 0 amide bonds. The van der Waals surface area contributed by atoms with Crippen molar-refractivity contribution in [2.75, 3.05) is 91.6 Å². The molecule has 604 valence electrons. The Balaban J connectivity index is 0.000000146. The number of nitrogens with zero attached hydrogens (tertiary/aromatic N) is 12. The first-order valence-corrected chi connectivity index (χ1v) is 42.4. The van der Waals surface area contributed by atoms with Gasteiger partial charge < -0.3 is 5.11 Å². The van der Waals surface area contributed by atoms with Crippen molar-refractivity contribution in [3.8, 4) is 30.3 Å². The lowest BCUT2D eigenvalue weighted by atomic mass is 9.64. The quantitative estimate of drug-likeness (QED) is 0.120. The highest BCUT2D eigenvalue weighted by atomic mass is 19.4. The van der Waals surface area contributed by atoms with Gasteiger partial charge in [0.05, 0.1) is 43.4 Å². The molecule has 15 rings (SSSR count). The highest BCUT2D eigenvalue weighted by Gasteiger charge is 2.52. The van der Waals surface area contributed by atoms with Crippen molar-refractivity contribution in [2.45, 2.75) is 294 Å². The molecule has 19 heteroatoms. The largest absolute Gasteiger partial charge is 0.401 e. The minimum atomic E-state index is -4.09. The third kappa shape index (κ3) is 22.5. The van der Waals surface area contributed by atoms with Gasteiger partial charge in [-0.2, -0.15) is 52.7 Å². The number of rotatable bonds is 18. The predicted molar refractivity (Wildman–Crippen MR) is 424 cm³/mol. The molecular formula is C91H132F6N12O. The van der Waals surface area contributed by atoms with E-state index in [-0.39, 0.29) is 39.2 Å². The molecule has 0 spiro atoms. The molecule has 3 aromatic carbocycles. The summed E-state index contributed by atoms with van der Waals surface area (Å²) in [5, 5.41) is 56.0. The van der Waals surface area contributed by atoms with Gasteiger partial charge in [-0.3, -0.25) is 34.3 Å². The molecule has 12 fully saturated rings. The van der Waals surface area contributed by atoms with Gasteiger partial charge in [0, 0.05) is 165 Å². The van der Waals surface area contributed by atoms with Gasteiger partial charge in [-0.1, -0.05) is 146 Å². The average molecular weight is 1520 g/mol. The number of nitriles is 5. The van der Waals surface area contributed by atoms with Crippen molar-refractivity contribution >= 4 is 0 Å². The summed E-state index contributed by atoms with van der Waals surface area (Å²) in [6.07, 6.45) is 19.3. The topological polar surface area (TPSA) is 162 Å². The van der Waals surface area contributed by atoms with Crippen LogP contribution in [0.4, 0.5) is 26.3 Å².